The number of nitrogens with zero attached hydrogens (tertiary/aromatic N) is 3. The Hall–Kier alpha value is -1.68. The maximum Gasteiger partial charge on any atom is 0.153 e. The topological polar surface area (TPSA) is 42.7 Å². The zero-order valence-corrected chi connectivity index (χ0v) is 9.81. The van der Waals surface area contributed by atoms with Gasteiger partial charge in [-0.1, -0.05) is 0 Å². The molecule has 2 aromatic rings. The summed E-state index contributed by atoms with van der Waals surface area (Å²) in [4.78, 5) is 4.31. The molecule has 0 amide bonds. The molecule has 2 heterocycles. The smallest absolute Gasteiger partial charge is 0.153 e. The second-order valence-electron chi connectivity index (χ2n) is 3.86. The maximum atomic E-state index is 4.34. The molecule has 0 saturated carbocycles. The average Bonchev–Trinajstić information content (AvgIpc) is 2.75. The third kappa shape index (κ3) is 2.12. The minimum atomic E-state index is 0.318. The van der Waals surface area contributed by atoms with Crippen molar-refractivity contribution >= 4 is 0 Å². The molecule has 0 radical (unpaired) electrons. The summed E-state index contributed by atoms with van der Waals surface area (Å²) in [7, 11) is 1.95. The van der Waals surface area contributed by atoms with Crippen LogP contribution < -0.4 is 5.32 Å². The first-order valence-corrected chi connectivity index (χ1v) is 5.36. The number of aryl methyl sites for hydroxylation is 1. The van der Waals surface area contributed by atoms with Gasteiger partial charge in [0.15, 0.2) is 5.82 Å². The van der Waals surface area contributed by atoms with E-state index < -0.39 is 0 Å². The Morgan fingerprint density at radius 3 is 2.81 bits per heavy atom. The molecule has 2 aromatic heterocycles. The van der Waals surface area contributed by atoms with Crippen molar-refractivity contribution in [1.82, 2.24) is 20.1 Å². The number of rotatable bonds is 3. The summed E-state index contributed by atoms with van der Waals surface area (Å²) in [6.45, 7) is 4.09. The van der Waals surface area contributed by atoms with E-state index in [9.17, 15) is 0 Å². The summed E-state index contributed by atoms with van der Waals surface area (Å²) in [6.07, 6.45) is 3.74. The largest absolute Gasteiger partial charge is 0.313 e. The Kier molecular flexibility index (Phi) is 3.01. The van der Waals surface area contributed by atoms with E-state index in [1.54, 1.807) is 4.68 Å². The Labute approximate surface area is 95.3 Å². The molecule has 1 unspecified atom stereocenters. The lowest BCUT2D eigenvalue weighted by molar-refractivity contribution is 0.649. The monoisotopic (exact) mass is 216 g/mol. The van der Waals surface area contributed by atoms with E-state index in [0.29, 0.717) is 6.04 Å². The fraction of sp³-hybridized carbons (Fsp3) is 0.333. The van der Waals surface area contributed by atoms with E-state index in [-0.39, 0.29) is 0 Å². The summed E-state index contributed by atoms with van der Waals surface area (Å²) in [5.74, 6) is 0.854. The van der Waals surface area contributed by atoms with Crippen molar-refractivity contribution in [2.45, 2.75) is 19.9 Å². The second kappa shape index (κ2) is 4.45. The third-order valence-corrected chi connectivity index (χ3v) is 2.66. The SMILES string of the molecule is CNC(C)c1ccnc(-n2ccc(C)n2)c1. The summed E-state index contributed by atoms with van der Waals surface area (Å²) in [5, 5.41) is 7.55. The van der Waals surface area contributed by atoms with Crippen molar-refractivity contribution in [3.8, 4) is 5.82 Å². The highest BCUT2D eigenvalue weighted by Crippen LogP contribution is 2.14. The van der Waals surface area contributed by atoms with Crippen LogP contribution in [0.15, 0.2) is 30.6 Å². The summed E-state index contributed by atoms with van der Waals surface area (Å²) < 4.78 is 1.79. The van der Waals surface area contributed by atoms with Crippen molar-refractivity contribution < 1.29 is 0 Å². The van der Waals surface area contributed by atoms with Gasteiger partial charge in [0, 0.05) is 18.4 Å². The lowest BCUT2D eigenvalue weighted by Gasteiger charge is -2.11. The van der Waals surface area contributed by atoms with Crippen LogP contribution in [-0.4, -0.2) is 21.8 Å². The molecule has 0 saturated heterocycles. The standard InChI is InChI=1S/C12H16N4/c1-9-5-7-16(15-9)12-8-11(4-6-14-12)10(2)13-3/h4-8,10,13H,1-3H3. The molecule has 1 N–H and O–H groups in total. The van der Waals surface area contributed by atoms with Gasteiger partial charge in [0.1, 0.15) is 0 Å². The van der Waals surface area contributed by atoms with Crippen LogP contribution in [0, 0.1) is 6.92 Å². The van der Waals surface area contributed by atoms with E-state index in [1.807, 2.05) is 44.6 Å². The predicted molar refractivity (Wildman–Crippen MR) is 63.6 cm³/mol. The molecule has 0 aliphatic rings. The Bertz CT molecular complexity index is 475. The van der Waals surface area contributed by atoms with Crippen LogP contribution >= 0.6 is 0 Å². The molecule has 1 atom stereocenters. The Morgan fingerprint density at radius 2 is 2.19 bits per heavy atom. The van der Waals surface area contributed by atoms with Crippen LogP contribution in [-0.2, 0) is 0 Å². The lowest BCUT2D eigenvalue weighted by Crippen LogP contribution is -2.13. The highest BCUT2D eigenvalue weighted by atomic mass is 15.3. The number of hydrogen-bond donors (Lipinski definition) is 1. The minimum Gasteiger partial charge on any atom is -0.313 e. The van der Waals surface area contributed by atoms with Gasteiger partial charge in [0.25, 0.3) is 0 Å². The highest BCUT2D eigenvalue weighted by Gasteiger charge is 2.05. The van der Waals surface area contributed by atoms with Crippen molar-refractivity contribution in [3.05, 3.63) is 41.9 Å². The summed E-state index contributed by atoms with van der Waals surface area (Å²) in [6, 6.07) is 6.35. The quantitative estimate of drug-likeness (QED) is 0.851. The van der Waals surface area contributed by atoms with Crippen LogP contribution in [0.2, 0.25) is 0 Å². The van der Waals surface area contributed by atoms with E-state index in [2.05, 4.69) is 22.3 Å². The first kappa shape index (κ1) is 10.8. The molecule has 16 heavy (non-hydrogen) atoms. The second-order valence-corrected chi connectivity index (χ2v) is 3.86. The third-order valence-electron chi connectivity index (χ3n) is 2.66. The number of nitrogens with one attached hydrogen (secondary N) is 1. The van der Waals surface area contributed by atoms with Gasteiger partial charge < -0.3 is 5.32 Å². The Balaban J connectivity index is 2.36. The maximum absolute atomic E-state index is 4.34. The lowest BCUT2D eigenvalue weighted by atomic mass is 10.1. The van der Waals surface area contributed by atoms with Crippen LogP contribution in [0.4, 0.5) is 0 Å². The van der Waals surface area contributed by atoms with Gasteiger partial charge in [0.05, 0.1) is 5.69 Å². The van der Waals surface area contributed by atoms with Crippen molar-refractivity contribution in [2.75, 3.05) is 7.05 Å². The van der Waals surface area contributed by atoms with Gasteiger partial charge >= 0.3 is 0 Å². The van der Waals surface area contributed by atoms with Gasteiger partial charge in [-0.25, -0.2) is 9.67 Å². The molecular weight excluding hydrogens is 200 g/mol. The van der Waals surface area contributed by atoms with Crippen molar-refractivity contribution in [2.24, 2.45) is 0 Å². The first-order valence-electron chi connectivity index (χ1n) is 5.36. The molecule has 4 heteroatoms. The Morgan fingerprint density at radius 1 is 1.38 bits per heavy atom. The summed E-state index contributed by atoms with van der Waals surface area (Å²) in [5.41, 5.74) is 2.20. The number of hydrogen-bond acceptors (Lipinski definition) is 3. The van der Waals surface area contributed by atoms with Crippen LogP contribution in [0.25, 0.3) is 5.82 Å². The van der Waals surface area contributed by atoms with Crippen molar-refractivity contribution in [1.29, 1.82) is 0 Å². The molecule has 0 spiro atoms. The van der Waals surface area contributed by atoms with E-state index in [0.717, 1.165) is 11.5 Å². The molecule has 2 rings (SSSR count). The van der Waals surface area contributed by atoms with Crippen molar-refractivity contribution in [3.63, 3.8) is 0 Å². The zero-order valence-electron chi connectivity index (χ0n) is 9.81. The van der Waals surface area contributed by atoms with E-state index >= 15 is 0 Å². The molecular formula is C12H16N4. The molecule has 0 bridgehead atoms. The zero-order chi connectivity index (χ0) is 11.5. The highest BCUT2D eigenvalue weighted by molar-refractivity contribution is 5.29. The van der Waals surface area contributed by atoms with Gasteiger partial charge in [0.2, 0.25) is 0 Å². The summed E-state index contributed by atoms with van der Waals surface area (Å²) >= 11 is 0. The molecule has 0 aliphatic carbocycles. The van der Waals surface area contributed by atoms with Crippen LogP contribution in [0.3, 0.4) is 0 Å². The minimum absolute atomic E-state index is 0.318. The molecule has 0 aliphatic heterocycles. The van der Waals surface area contributed by atoms with Gasteiger partial charge in [-0.15, -0.1) is 0 Å². The van der Waals surface area contributed by atoms with E-state index in [4.69, 9.17) is 0 Å². The van der Waals surface area contributed by atoms with Crippen LogP contribution in [0.1, 0.15) is 24.2 Å². The van der Waals surface area contributed by atoms with Crippen LogP contribution in [0.5, 0.6) is 0 Å². The van der Waals surface area contributed by atoms with Gasteiger partial charge in [-0.05, 0) is 44.7 Å². The predicted octanol–water partition coefficient (Wildman–Crippen LogP) is 1.86. The number of pyridine rings is 1. The fourth-order valence-electron chi connectivity index (χ4n) is 1.54. The molecule has 4 nitrogen and oxygen atoms in total. The van der Waals surface area contributed by atoms with E-state index in [1.165, 1.54) is 5.56 Å². The molecule has 0 fully saturated rings. The van der Waals surface area contributed by atoms with Gasteiger partial charge in [-0.2, -0.15) is 5.10 Å². The normalized spacial score (nSPS) is 12.7. The average molecular weight is 216 g/mol. The first-order chi connectivity index (χ1) is 7.70. The fourth-order valence-corrected chi connectivity index (χ4v) is 1.54. The number of aromatic nitrogens is 3. The molecule has 84 valence electrons. The van der Waals surface area contributed by atoms with Gasteiger partial charge in [-0.3, -0.25) is 0 Å². The molecule has 0 aromatic carbocycles.